The number of nitrogens with two attached hydrogens (primary N) is 1. The predicted molar refractivity (Wildman–Crippen MR) is 150 cm³/mol. The van der Waals surface area contributed by atoms with Gasteiger partial charge in [-0.05, 0) is 23.6 Å². The van der Waals surface area contributed by atoms with Crippen molar-refractivity contribution in [2.45, 2.75) is 43.4 Å². The summed E-state index contributed by atoms with van der Waals surface area (Å²) in [6, 6.07) is 11.0. The molecule has 12 nitrogen and oxygen atoms in total. The molecule has 2 aromatic carbocycles. The lowest BCUT2D eigenvalue weighted by molar-refractivity contribution is -0.143. The van der Waals surface area contributed by atoms with Crippen molar-refractivity contribution in [2.24, 2.45) is 5.73 Å². The number of fused-ring (bicyclic) bond motifs is 1. The molecule has 0 radical (unpaired) electrons. The smallest absolute Gasteiger partial charge is 0.327 e. The van der Waals surface area contributed by atoms with Gasteiger partial charge >= 0.3 is 11.9 Å². The minimum atomic E-state index is -1.61. The molecule has 212 valence electrons. The van der Waals surface area contributed by atoms with Gasteiger partial charge < -0.3 is 36.9 Å². The summed E-state index contributed by atoms with van der Waals surface area (Å²) >= 11 is 3.87. The first-order chi connectivity index (χ1) is 19.1. The van der Waals surface area contributed by atoms with E-state index in [4.69, 9.17) is 5.73 Å². The fourth-order valence-corrected chi connectivity index (χ4v) is 4.33. The number of benzene rings is 2. The van der Waals surface area contributed by atoms with Gasteiger partial charge in [-0.25, -0.2) is 4.79 Å². The van der Waals surface area contributed by atoms with Crippen LogP contribution in [0.15, 0.2) is 60.8 Å². The van der Waals surface area contributed by atoms with Crippen molar-refractivity contribution in [1.82, 2.24) is 20.9 Å². The number of thiol groups is 1. The van der Waals surface area contributed by atoms with E-state index in [9.17, 15) is 34.2 Å². The third-order valence-electron chi connectivity index (χ3n) is 6.18. The second-order valence-electron chi connectivity index (χ2n) is 9.16. The van der Waals surface area contributed by atoms with Crippen molar-refractivity contribution in [2.75, 3.05) is 5.75 Å². The molecular weight excluding hydrogens is 538 g/mol. The molecule has 0 aliphatic heterocycles. The molecule has 0 fully saturated rings. The lowest BCUT2D eigenvalue weighted by Gasteiger charge is -2.24. The van der Waals surface area contributed by atoms with Gasteiger partial charge in [0.25, 0.3) is 0 Å². The molecule has 4 atom stereocenters. The summed E-state index contributed by atoms with van der Waals surface area (Å²) in [5, 5.41) is 26.5. The number of aromatic amines is 1. The van der Waals surface area contributed by atoms with Gasteiger partial charge in [0.15, 0.2) is 0 Å². The number of aliphatic carboxylic acids is 2. The molecule has 0 saturated heterocycles. The third-order valence-corrected chi connectivity index (χ3v) is 6.54. The third kappa shape index (κ3) is 8.32. The van der Waals surface area contributed by atoms with E-state index in [0.717, 1.165) is 16.5 Å². The topological polar surface area (TPSA) is 204 Å². The van der Waals surface area contributed by atoms with Gasteiger partial charge in [0.05, 0.1) is 12.5 Å². The molecule has 1 aromatic heterocycles. The first kappa shape index (κ1) is 30.2. The number of carbonyl (C=O) groups excluding carboxylic acids is 3. The monoisotopic (exact) mass is 569 g/mol. The van der Waals surface area contributed by atoms with E-state index in [0.29, 0.717) is 5.56 Å². The minimum Gasteiger partial charge on any atom is -0.481 e. The number of hydrogen-bond donors (Lipinski definition) is 8. The summed E-state index contributed by atoms with van der Waals surface area (Å²) in [5.74, 6) is -5.50. The van der Waals surface area contributed by atoms with Gasteiger partial charge in [-0.1, -0.05) is 48.5 Å². The standard InChI is InChI=1S/C27H31N5O7S/c28-18(11-16-13-29-19-9-5-4-8-17(16)19)24(35)30-20(10-15-6-2-1-3-7-15)25(36)31-21(12-23(33)34)26(37)32-22(14-40)27(38)39/h1-9,13,18,20-22,29,40H,10-12,14,28H2,(H,30,35)(H,31,36)(H,32,37)(H,33,34)(H,38,39). The molecule has 0 bridgehead atoms. The SMILES string of the molecule is NC(Cc1c[nH]c2ccccc12)C(=O)NC(Cc1ccccc1)C(=O)NC(CC(=O)O)C(=O)NC(CS)C(=O)O. The van der Waals surface area contributed by atoms with Crippen LogP contribution in [-0.2, 0) is 36.8 Å². The number of H-pyrrole nitrogens is 1. The summed E-state index contributed by atoms with van der Waals surface area (Å²) in [6.45, 7) is 0. The van der Waals surface area contributed by atoms with Crippen LogP contribution in [-0.4, -0.2) is 74.8 Å². The number of amides is 3. The van der Waals surface area contributed by atoms with Crippen LogP contribution in [0.4, 0.5) is 0 Å². The van der Waals surface area contributed by atoms with E-state index >= 15 is 0 Å². The molecule has 8 N–H and O–H groups in total. The van der Waals surface area contributed by atoms with Crippen molar-refractivity contribution in [3.8, 4) is 0 Å². The van der Waals surface area contributed by atoms with Crippen molar-refractivity contribution in [3.05, 3.63) is 71.9 Å². The van der Waals surface area contributed by atoms with Crippen LogP contribution in [0.25, 0.3) is 10.9 Å². The van der Waals surface area contributed by atoms with Gasteiger partial charge in [-0.2, -0.15) is 12.6 Å². The molecule has 0 aliphatic rings. The zero-order valence-electron chi connectivity index (χ0n) is 21.4. The maximum Gasteiger partial charge on any atom is 0.327 e. The highest BCUT2D eigenvalue weighted by Gasteiger charge is 2.31. The number of para-hydroxylation sites is 1. The number of aromatic nitrogens is 1. The average Bonchev–Trinajstić information content (AvgIpc) is 3.33. The lowest BCUT2D eigenvalue weighted by Crippen LogP contribution is -2.58. The summed E-state index contributed by atoms with van der Waals surface area (Å²) in [7, 11) is 0. The Balaban J connectivity index is 1.77. The number of carbonyl (C=O) groups is 5. The molecule has 3 amide bonds. The van der Waals surface area contributed by atoms with Crippen LogP contribution in [0, 0.1) is 0 Å². The van der Waals surface area contributed by atoms with Crippen molar-refractivity contribution >= 4 is 53.2 Å². The van der Waals surface area contributed by atoms with Gasteiger partial charge in [0, 0.05) is 29.3 Å². The first-order valence-corrected chi connectivity index (χ1v) is 13.0. The Morgan fingerprint density at radius 3 is 2.05 bits per heavy atom. The van der Waals surface area contributed by atoms with E-state index in [-0.39, 0.29) is 18.6 Å². The highest BCUT2D eigenvalue weighted by molar-refractivity contribution is 7.80. The Hall–Kier alpha value is -4.36. The minimum absolute atomic E-state index is 0.0218. The maximum atomic E-state index is 13.3. The van der Waals surface area contributed by atoms with Crippen molar-refractivity contribution in [3.63, 3.8) is 0 Å². The van der Waals surface area contributed by atoms with Crippen molar-refractivity contribution in [1.29, 1.82) is 0 Å². The Kier molecular flexibility index (Phi) is 10.7. The van der Waals surface area contributed by atoms with E-state index < -0.39 is 60.2 Å². The molecule has 3 aromatic rings. The largest absolute Gasteiger partial charge is 0.481 e. The molecule has 0 saturated carbocycles. The summed E-state index contributed by atoms with van der Waals surface area (Å²) in [5.41, 5.74) is 8.58. The number of hydrogen-bond acceptors (Lipinski definition) is 7. The molecular formula is C27H31N5O7S. The van der Waals surface area contributed by atoms with E-state index in [1.807, 2.05) is 24.3 Å². The fourth-order valence-electron chi connectivity index (χ4n) is 4.08. The summed E-state index contributed by atoms with van der Waals surface area (Å²) in [6.07, 6.45) is 1.15. The highest BCUT2D eigenvalue weighted by Crippen LogP contribution is 2.19. The normalized spacial score (nSPS) is 13.9. The zero-order valence-corrected chi connectivity index (χ0v) is 22.3. The predicted octanol–water partition coefficient (Wildman–Crippen LogP) is 0.224. The molecule has 13 heteroatoms. The van der Waals surface area contributed by atoms with Crippen LogP contribution >= 0.6 is 12.6 Å². The zero-order chi connectivity index (χ0) is 29.2. The van der Waals surface area contributed by atoms with E-state index in [1.165, 1.54) is 0 Å². The second kappa shape index (κ2) is 14.1. The van der Waals surface area contributed by atoms with E-state index in [2.05, 4.69) is 33.6 Å². The molecule has 4 unspecified atom stereocenters. The summed E-state index contributed by atoms with van der Waals surface area (Å²) < 4.78 is 0. The molecule has 0 aliphatic carbocycles. The van der Waals surface area contributed by atoms with Crippen LogP contribution in [0.2, 0.25) is 0 Å². The molecule has 0 spiro atoms. The Morgan fingerprint density at radius 2 is 1.40 bits per heavy atom. The Morgan fingerprint density at radius 1 is 0.800 bits per heavy atom. The van der Waals surface area contributed by atoms with Gasteiger partial charge in [0.1, 0.15) is 18.1 Å². The molecule has 3 rings (SSSR count). The quantitative estimate of drug-likeness (QED) is 0.126. The van der Waals surface area contributed by atoms with Crippen LogP contribution in [0.1, 0.15) is 17.5 Å². The second-order valence-corrected chi connectivity index (χ2v) is 9.53. The number of carboxylic acid groups (broad SMARTS) is 2. The first-order valence-electron chi connectivity index (χ1n) is 12.4. The van der Waals surface area contributed by atoms with Crippen LogP contribution in [0.5, 0.6) is 0 Å². The maximum absolute atomic E-state index is 13.3. The fraction of sp³-hybridized carbons (Fsp3) is 0.296. The number of rotatable bonds is 14. The van der Waals surface area contributed by atoms with Gasteiger partial charge in [0.2, 0.25) is 17.7 Å². The molecule has 1 heterocycles. The average molecular weight is 570 g/mol. The highest BCUT2D eigenvalue weighted by atomic mass is 32.1. The van der Waals surface area contributed by atoms with Crippen LogP contribution < -0.4 is 21.7 Å². The number of nitrogens with one attached hydrogen (secondary N) is 4. The number of carboxylic acids is 2. The van der Waals surface area contributed by atoms with Crippen LogP contribution in [0.3, 0.4) is 0 Å². The van der Waals surface area contributed by atoms with Gasteiger partial charge in [-0.15, -0.1) is 0 Å². The van der Waals surface area contributed by atoms with Crippen molar-refractivity contribution < 1.29 is 34.2 Å². The lowest BCUT2D eigenvalue weighted by atomic mass is 10.0. The van der Waals surface area contributed by atoms with Gasteiger partial charge in [-0.3, -0.25) is 19.2 Å². The Labute approximate surface area is 235 Å². The van der Waals surface area contributed by atoms with E-state index in [1.54, 1.807) is 36.5 Å². The summed E-state index contributed by atoms with van der Waals surface area (Å²) in [4.78, 5) is 64.9. The molecule has 40 heavy (non-hydrogen) atoms. The Bertz CT molecular complexity index is 1360.